The average Bonchev–Trinajstić information content (AvgIpc) is 3.42. The van der Waals surface area contributed by atoms with Crippen molar-refractivity contribution in [2.45, 2.75) is 62.1 Å². The van der Waals surface area contributed by atoms with Gasteiger partial charge in [-0.2, -0.15) is 0 Å². The zero-order chi connectivity index (χ0) is 25.7. The lowest BCUT2D eigenvalue weighted by atomic mass is 9.89. The van der Waals surface area contributed by atoms with Crippen molar-refractivity contribution in [2.24, 2.45) is 17.6 Å². The van der Waals surface area contributed by atoms with Gasteiger partial charge in [-0.05, 0) is 32.4 Å². The van der Waals surface area contributed by atoms with Gasteiger partial charge in [-0.3, -0.25) is 24.7 Å². The zero-order valence-electron chi connectivity index (χ0n) is 21.3. The number of hydrazine groups is 1. The first-order valence-corrected chi connectivity index (χ1v) is 14.0. The predicted octanol–water partition coefficient (Wildman–Crippen LogP) is -2.60. The van der Waals surface area contributed by atoms with Crippen LogP contribution in [0.1, 0.15) is 19.3 Å². The minimum Gasteiger partial charge on any atom is -0.350 e. The molecule has 6 saturated heterocycles. The van der Waals surface area contributed by atoms with Crippen LogP contribution < -0.4 is 27.1 Å². The Hall–Kier alpha value is -1.48. The molecule has 2 amide bonds. The van der Waals surface area contributed by atoms with Crippen LogP contribution in [-0.4, -0.2) is 140 Å². The van der Waals surface area contributed by atoms with Gasteiger partial charge in [-0.15, -0.1) is 0 Å². The van der Waals surface area contributed by atoms with E-state index in [-0.39, 0.29) is 37.4 Å². The topological polar surface area (TPSA) is 121 Å². The number of rotatable bonds is 4. The van der Waals surface area contributed by atoms with Gasteiger partial charge in [0.1, 0.15) is 12.3 Å². The van der Waals surface area contributed by atoms with E-state index >= 15 is 4.39 Å². The summed E-state index contributed by atoms with van der Waals surface area (Å²) in [6.45, 7) is 6.17. The number of nitrogens with zero attached hydrogens (tertiary/aromatic N) is 4. The second-order valence-corrected chi connectivity index (χ2v) is 11.6. The average molecular weight is 526 g/mol. The molecule has 6 fully saturated rings. The Kier molecular flexibility index (Phi) is 7.38. The molecule has 0 aliphatic carbocycles. The van der Waals surface area contributed by atoms with Crippen molar-refractivity contribution < 1.29 is 18.4 Å². The molecule has 6 aliphatic rings. The highest BCUT2D eigenvalue weighted by Gasteiger charge is 2.49. The molecule has 8 unspecified atom stereocenters. The summed E-state index contributed by atoms with van der Waals surface area (Å²) in [5.41, 5.74) is 9.21. The summed E-state index contributed by atoms with van der Waals surface area (Å²) in [4.78, 5) is 33.3. The van der Waals surface area contributed by atoms with E-state index in [1.807, 2.05) is 0 Å². The van der Waals surface area contributed by atoms with E-state index in [9.17, 15) is 14.0 Å². The van der Waals surface area contributed by atoms with E-state index < -0.39 is 42.7 Å². The molecule has 0 spiro atoms. The molecular formula is C24H41F2N9O2. The highest BCUT2D eigenvalue weighted by Crippen LogP contribution is 2.29. The predicted molar refractivity (Wildman–Crippen MR) is 132 cm³/mol. The molecule has 208 valence electrons. The van der Waals surface area contributed by atoms with E-state index in [4.69, 9.17) is 5.73 Å². The fourth-order valence-corrected chi connectivity index (χ4v) is 7.42. The first-order valence-electron chi connectivity index (χ1n) is 14.0. The van der Waals surface area contributed by atoms with Crippen molar-refractivity contribution in [1.82, 2.24) is 41.1 Å². The number of nitrogens with one attached hydrogen (secondary N) is 4. The molecule has 13 heteroatoms. The lowest BCUT2D eigenvalue weighted by Crippen LogP contribution is -2.67. The lowest BCUT2D eigenvalue weighted by molar-refractivity contribution is -0.141. The number of piperidine rings is 2. The molecule has 0 saturated carbocycles. The van der Waals surface area contributed by atoms with Crippen LogP contribution in [0.5, 0.6) is 0 Å². The Labute approximate surface area is 216 Å². The fourth-order valence-electron chi connectivity index (χ4n) is 7.42. The minimum atomic E-state index is -1.13. The second kappa shape index (κ2) is 10.6. The van der Waals surface area contributed by atoms with Crippen LogP contribution in [0.25, 0.3) is 0 Å². The van der Waals surface area contributed by atoms with Crippen LogP contribution in [-0.2, 0) is 9.59 Å². The SMILES string of the molecule is NC1NN2CC(F)CNC2C1C(=O)NC1CNCC(F)C1N1CCC(C(=O)N2CCN3CC[C@@H]2C3)CC1. The van der Waals surface area contributed by atoms with Crippen LogP contribution in [0.2, 0.25) is 0 Å². The Morgan fingerprint density at radius 2 is 1.76 bits per heavy atom. The normalized spacial score (nSPS) is 43.5. The first kappa shape index (κ1) is 25.8. The number of alkyl halides is 2. The molecule has 6 N–H and O–H groups in total. The van der Waals surface area contributed by atoms with Crippen LogP contribution >= 0.6 is 0 Å². The number of fused-ring (bicyclic) bond motifs is 3. The fraction of sp³-hybridized carbons (Fsp3) is 0.917. The largest absolute Gasteiger partial charge is 0.350 e. The molecule has 6 rings (SSSR count). The van der Waals surface area contributed by atoms with Gasteiger partial charge in [0.15, 0.2) is 0 Å². The summed E-state index contributed by atoms with van der Waals surface area (Å²) in [5, 5.41) is 10.9. The summed E-state index contributed by atoms with van der Waals surface area (Å²) < 4.78 is 29.1. The number of carbonyl (C=O) groups is 2. The van der Waals surface area contributed by atoms with Crippen molar-refractivity contribution in [3.05, 3.63) is 0 Å². The number of nitrogens with two attached hydrogens (primary N) is 1. The molecule has 0 radical (unpaired) electrons. The van der Waals surface area contributed by atoms with Gasteiger partial charge in [0, 0.05) is 64.3 Å². The molecule has 6 heterocycles. The number of piperazine rings is 1. The van der Waals surface area contributed by atoms with Gasteiger partial charge >= 0.3 is 0 Å². The third-order valence-corrected chi connectivity index (χ3v) is 9.37. The zero-order valence-corrected chi connectivity index (χ0v) is 21.3. The number of halogens is 2. The second-order valence-electron chi connectivity index (χ2n) is 11.6. The van der Waals surface area contributed by atoms with Gasteiger partial charge < -0.3 is 21.3 Å². The number of likely N-dealkylation sites (tertiary alicyclic amines) is 1. The van der Waals surface area contributed by atoms with Crippen molar-refractivity contribution >= 4 is 11.8 Å². The highest BCUT2D eigenvalue weighted by atomic mass is 19.1. The van der Waals surface area contributed by atoms with Crippen molar-refractivity contribution in [1.29, 1.82) is 0 Å². The molecule has 11 nitrogen and oxygen atoms in total. The quantitative estimate of drug-likeness (QED) is 0.269. The van der Waals surface area contributed by atoms with Gasteiger partial charge in [-0.1, -0.05) is 0 Å². The van der Waals surface area contributed by atoms with Crippen molar-refractivity contribution in [3.63, 3.8) is 0 Å². The number of hydrogen-bond acceptors (Lipinski definition) is 9. The van der Waals surface area contributed by atoms with Gasteiger partial charge in [0.25, 0.3) is 0 Å². The summed E-state index contributed by atoms with van der Waals surface area (Å²) in [5.74, 6) is -0.626. The van der Waals surface area contributed by atoms with Crippen LogP contribution in [0.4, 0.5) is 8.78 Å². The van der Waals surface area contributed by atoms with Gasteiger partial charge in [-0.25, -0.2) is 19.2 Å². The maximum absolute atomic E-state index is 15.3. The van der Waals surface area contributed by atoms with Crippen LogP contribution in [0.3, 0.4) is 0 Å². The molecule has 9 atom stereocenters. The van der Waals surface area contributed by atoms with Crippen molar-refractivity contribution in [2.75, 3.05) is 65.4 Å². The number of hydrogen-bond donors (Lipinski definition) is 5. The molecule has 0 aromatic carbocycles. The van der Waals surface area contributed by atoms with Crippen LogP contribution in [0.15, 0.2) is 0 Å². The highest BCUT2D eigenvalue weighted by molar-refractivity contribution is 5.81. The van der Waals surface area contributed by atoms with E-state index in [0.29, 0.717) is 38.5 Å². The standard InChI is InChI=1S/C24H41F2N9O2/c25-15-9-29-22-19(21(27)31-35(22)12-15)23(36)30-18-11-28-10-17(26)20(18)33-5-1-14(2-6-33)24(37)34-8-7-32-4-3-16(34)13-32/h14-22,28-29,31H,1-13,27H2,(H,30,36)/t15?,16-,17?,18?,19?,20?,21?,22?/m1/s1. The monoisotopic (exact) mass is 525 g/mol. The van der Waals surface area contributed by atoms with Gasteiger partial charge in [0.05, 0.1) is 30.3 Å². The Morgan fingerprint density at radius 1 is 0.946 bits per heavy atom. The summed E-state index contributed by atoms with van der Waals surface area (Å²) in [6, 6.07) is -0.537. The number of amides is 2. The first-order chi connectivity index (χ1) is 17.9. The molecule has 2 bridgehead atoms. The molecular weight excluding hydrogens is 484 g/mol. The van der Waals surface area contributed by atoms with E-state index in [0.717, 1.165) is 32.6 Å². The maximum atomic E-state index is 15.3. The van der Waals surface area contributed by atoms with Crippen molar-refractivity contribution in [3.8, 4) is 0 Å². The third kappa shape index (κ3) is 4.99. The minimum absolute atomic E-state index is 0.0125. The summed E-state index contributed by atoms with van der Waals surface area (Å²) in [7, 11) is 0. The summed E-state index contributed by atoms with van der Waals surface area (Å²) >= 11 is 0. The molecule has 6 aliphatic heterocycles. The van der Waals surface area contributed by atoms with E-state index in [2.05, 4.69) is 36.1 Å². The third-order valence-electron chi connectivity index (χ3n) is 9.37. The Bertz CT molecular complexity index is 862. The Morgan fingerprint density at radius 3 is 2.57 bits per heavy atom. The smallest absolute Gasteiger partial charge is 0.229 e. The number of carbonyl (C=O) groups excluding carboxylic acids is 2. The maximum Gasteiger partial charge on any atom is 0.229 e. The molecule has 0 aromatic rings. The van der Waals surface area contributed by atoms with Gasteiger partial charge in [0.2, 0.25) is 11.8 Å². The molecule has 37 heavy (non-hydrogen) atoms. The Balaban J connectivity index is 1.07. The van der Waals surface area contributed by atoms with Crippen LogP contribution in [0, 0.1) is 11.8 Å². The lowest BCUT2D eigenvalue weighted by Gasteiger charge is -2.46. The summed E-state index contributed by atoms with van der Waals surface area (Å²) in [6.07, 6.45) is -0.728. The van der Waals surface area contributed by atoms with E-state index in [1.54, 1.807) is 5.01 Å². The van der Waals surface area contributed by atoms with E-state index in [1.165, 1.54) is 0 Å². The molecule has 0 aromatic heterocycles.